The molecular weight excluding hydrogens is 342 g/mol. The first-order valence-electron chi connectivity index (χ1n) is 9.93. The summed E-state index contributed by atoms with van der Waals surface area (Å²) in [6, 6.07) is 3.71. The van der Waals surface area contributed by atoms with Crippen LogP contribution in [0.15, 0.2) is 27.9 Å². The molecule has 2 aliphatic rings. The van der Waals surface area contributed by atoms with Crippen LogP contribution in [0.1, 0.15) is 42.6 Å². The standard InChI is InChI=1S/C20H27N5O2/c1-23-17(6-9-21-20(23)27)14-24-10-7-15(8-11-24)13-25-19(26)12-16-4-2-3-5-18(16)22-25/h6,9,12,15H,2-5,7-8,10-11,13-14H2,1H3. The van der Waals surface area contributed by atoms with E-state index in [0.29, 0.717) is 12.5 Å². The molecule has 0 radical (unpaired) electrons. The summed E-state index contributed by atoms with van der Waals surface area (Å²) in [4.78, 5) is 30.2. The normalized spacial score (nSPS) is 18.4. The zero-order valence-corrected chi connectivity index (χ0v) is 15.9. The molecule has 0 atom stereocenters. The molecule has 2 aromatic rings. The molecule has 0 N–H and O–H groups in total. The number of rotatable bonds is 4. The van der Waals surface area contributed by atoms with Gasteiger partial charge in [0, 0.05) is 38.1 Å². The van der Waals surface area contributed by atoms with Crippen LogP contribution >= 0.6 is 0 Å². The molecule has 0 bridgehead atoms. The summed E-state index contributed by atoms with van der Waals surface area (Å²) in [5, 5.41) is 4.66. The molecule has 144 valence electrons. The van der Waals surface area contributed by atoms with Crippen molar-refractivity contribution < 1.29 is 0 Å². The molecule has 27 heavy (non-hydrogen) atoms. The van der Waals surface area contributed by atoms with Gasteiger partial charge in [-0.3, -0.25) is 14.3 Å². The number of nitrogens with zero attached hydrogens (tertiary/aromatic N) is 5. The highest BCUT2D eigenvalue weighted by atomic mass is 16.1. The Balaban J connectivity index is 1.36. The van der Waals surface area contributed by atoms with Gasteiger partial charge in [0.05, 0.1) is 5.69 Å². The van der Waals surface area contributed by atoms with E-state index in [9.17, 15) is 9.59 Å². The van der Waals surface area contributed by atoms with Gasteiger partial charge in [0.1, 0.15) is 0 Å². The quantitative estimate of drug-likeness (QED) is 0.808. The second-order valence-electron chi connectivity index (χ2n) is 7.84. The topological polar surface area (TPSA) is 73.0 Å². The Hall–Kier alpha value is -2.28. The SMILES string of the molecule is Cn1c(CN2CCC(Cn3nc4c(cc3=O)CCCC4)CC2)ccnc1=O. The predicted molar refractivity (Wildman–Crippen MR) is 103 cm³/mol. The minimum Gasteiger partial charge on any atom is -0.298 e. The van der Waals surface area contributed by atoms with Gasteiger partial charge in [-0.05, 0) is 69.2 Å². The molecule has 1 aliphatic carbocycles. The fourth-order valence-electron chi connectivity index (χ4n) is 4.20. The molecular formula is C20H27N5O2. The summed E-state index contributed by atoms with van der Waals surface area (Å²) in [5.41, 5.74) is 3.10. The van der Waals surface area contributed by atoms with Gasteiger partial charge in [0.2, 0.25) is 0 Å². The molecule has 0 aromatic carbocycles. The second-order valence-corrected chi connectivity index (χ2v) is 7.84. The number of aryl methyl sites for hydroxylation is 2. The first-order valence-corrected chi connectivity index (χ1v) is 9.93. The van der Waals surface area contributed by atoms with Crippen molar-refractivity contribution >= 4 is 0 Å². The van der Waals surface area contributed by atoms with Gasteiger partial charge in [-0.15, -0.1) is 0 Å². The molecule has 1 saturated heterocycles. The summed E-state index contributed by atoms with van der Waals surface area (Å²) in [5.74, 6) is 0.481. The maximum atomic E-state index is 12.4. The van der Waals surface area contributed by atoms with Crippen LogP contribution in [0.3, 0.4) is 0 Å². The largest absolute Gasteiger partial charge is 0.347 e. The summed E-state index contributed by atoms with van der Waals surface area (Å²) in [6.45, 7) is 3.42. The maximum Gasteiger partial charge on any atom is 0.347 e. The molecule has 7 heteroatoms. The minimum atomic E-state index is -0.208. The number of aromatic nitrogens is 4. The van der Waals surface area contributed by atoms with Crippen LogP contribution in [0.4, 0.5) is 0 Å². The molecule has 0 spiro atoms. The van der Waals surface area contributed by atoms with E-state index in [4.69, 9.17) is 0 Å². The average molecular weight is 369 g/mol. The highest BCUT2D eigenvalue weighted by Crippen LogP contribution is 2.21. The third kappa shape index (κ3) is 4.03. The Morgan fingerprint density at radius 2 is 1.93 bits per heavy atom. The number of piperidine rings is 1. The summed E-state index contributed by atoms with van der Waals surface area (Å²) in [7, 11) is 1.77. The first kappa shape index (κ1) is 18.1. The van der Waals surface area contributed by atoms with Gasteiger partial charge < -0.3 is 0 Å². The van der Waals surface area contributed by atoms with Crippen molar-refractivity contribution in [2.24, 2.45) is 13.0 Å². The summed E-state index contributed by atoms with van der Waals surface area (Å²) >= 11 is 0. The first-order chi connectivity index (χ1) is 13.1. The van der Waals surface area contributed by atoms with Crippen LogP contribution < -0.4 is 11.2 Å². The van der Waals surface area contributed by atoms with Gasteiger partial charge >= 0.3 is 5.69 Å². The van der Waals surface area contributed by atoms with E-state index in [0.717, 1.165) is 62.3 Å². The van der Waals surface area contributed by atoms with Crippen molar-refractivity contribution in [1.29, 1.82) is 0 Å². The third-order valence-corrected chi connectivity index (χ3v) is 5.97. The van der Waals surface area contributed by atoms with E-state index >= 15 is 0 Å². The van der Waals surface area contributed by atoms with Gasteiger partial charge in [0.25, 0.3) is 5.56 Å². The Kier molecular flexibility index (Phi) is 5.20. The van der Waals surface area contributed by atoms with E-state index in [1.54, 1.807) is 28.6 Å². The molecule has 0 unspecified atom stereocenters. The van der Waals surface area contributed by atoms with E-state index in [-0.39, 0.29) is 11.2 Å². The fourth-order valence-corrected chi connectivity index (χ4v) is 4.20. The number of hydrogen-bond acceptors (Lipinski definition) is 5. The lowest BCUT2D eigenvalue weighted by molar-refractivity contribution is 0.160. The molecule has 0 saturated carbocycles. The fraction of sp³-hybridized carbons (Fsp3) is 0.600. The molecule has 7 nitrogen and oxygen atoms in total. The lowest BCUT2D eigenvalue weighted by Gasteiger charge is -2.32. The van der Waals surface area contributed by atoms with Crippen LogP contribution in [0, 0.1) is 5.92 Å². The van der Waals surface area contributed by atoms with E-state index in [2.05, 4.69) is 15.0 Å². The van der Waals surface area contributed by atoms with Crippen LogP contribution in [-0.4, -0.2) is 37.3 Å². The van der Waals surface area contributed by atoms with E-state index in [1.807, 2.05) is 6.07 Å². The van der Waals surface area contributed by atoms with Crippen LogP contribution in [0.2, 0.25) is 0 Å². The number of hydrogen-bond donors (Lipinski definition) is 0. The van der Waals surface area contributed by atoms with Gasteiger partial charge in [0.15, 0.2) is 0 Å². The van der Waals surface area contributed by atoms with E-state index < -0.39 is 0 Å². The molecule has 1 fully saturated rings. The zero-order chi connectivity index (χ0) is 18.8. The Morgan fingerprint density at radius 1 is 1.15 bits per heavy atom. The van der Waals surface area contributed by atoms with Crippen molar-refractivity contribution in [3.05, 3.63) is 56.1 Å². The summed E-state index contributed by atoms with van der Waals surface area (Å²) in [6.07, 6.45) is 8.01. The van der Waals surface area contributed by atoms with Crippen LogP contribution in [-0.2, 0) is 33.0 Å². The van der Waals surface area contributed by atoms with E-state index in [1.165, 1.54) is 12.8 Å². The average Bonchev–Trinajstić information content (AvgIpc) is 2.67. The highest BCUT2D eigenvalue weighted by molar-refractivity contribution is 5.20. The van der Waals surface area contributed by atoms with Crippen molar-refractivity contribution in [1.82, 2.24) is 24.2 Å². The number of fused-ring (bicyclic) bond motifs is 1. The van der Waals surface area contributed by atoms with Crippen molar-refractivity contribution in [2.45, 2.75) is 51.6 Å². The van der Waals surface area contributed by atoms with Crippen molar-refractivity contribution in [3.8, 4) is 0 Å². The number of likely N-dealkylation sites (tertiary alicyclic amines) is 1. The Labute approximate surface area is 158 Å². The van der Waals surface area contributed by atoms with Gasteiger partial charge in [-0.2, -0.15) is 5.10 Å². The maximum absolute atomic E-state index is 12.4. The minimum absolute atomic E-state index is 0.0462. The van der Waals surface area contributed by atoms with Crippen LogP contribution in [0.5, 0.6) is 0 Å². The summed E-state index contributed by atoms with van der Waals surface area (Å²) < 4.78 is 3.31. The molecule has 4 rings (SSSR count). The second kappa shape index (κ2) is 7.76. The Morgan fingerprint density at radius 3 is 2.74 bits per heavy atom. The Bertz CT molecular complexity index is 925. The lowest BCUT2D eigenvalue weighted by atomic mass is 9.95. The van der Waals surface area contributed by atoms with Crippen molar-refractivity contribution in [3.63, 3.8) is 0 Å². The smallest absolute Gasteiger partial charge is 0.298 e. The predicted octanol–water partition coefficient (Wildman–Crippen LogP) is 1.13. The highest BCUT2D eigenvalue weighted by Gasteiger charge is 2.22. The zero-order valence-electron chi connectivity index (χ0n) is 15.9. The monoisotopic (exact) mass is 369 g/mol. The van der Waals surface area contributed by atoms with Gasteiger partial charge in [-0.1, -0.05) is 0 Å². The molecule has 0 amide bonds. The van der Waals surface area contributed by atoms with Crippen LogP contribution in [0.25, 0.3) is 0 Å². The third-order valence-electron chi connectivity index (χ3n) is 5.97. The lowest BCUT2D eigenvalue weighted by Crippen LogP contribution is -2.38. The molecule has 1 aliphatic heterocycles. The molecule has 2 aromatic heterocycles. The molecule has 3 heterocycles. The van der Waals surface area contributed by atoms with Crippen molar-refractivity contribution in [2.75, 3.05) is 13.1 Å². The van der Waals surface area contributed by atoms with Gasteiger partial charge in [-0.25, -0.2) is 14.5 Å².